The van der Waals surface area contributed by atoms with E-state index < -0.39 is 4.92 Å². The molecule has 0 saturated carbocycles. The summed E-state index contributed by atoms with van der Waals surface area (Å²) in [6.45, 7) is 6.83. The minimum absolute atomic E-state index is 0.0696. The maximum absolute atomic E-state index is 10.9. The SMILES string of the molecule is COc1ccc(OCC(CS)C(C)(C)C)cc1[N+](=O)[O-]. The van der Waals surface area contributed by atoms with Gasteiger partial charge in [0.05, 0.1) is 24.7 Å². The second-order valence-corrected chi connectivity index (χ2v) is 6.01. The van der Waals surface area contributed by atoms with Crippen molar-refractivity contribution in [2.24, 2.45) is 11.3 Å². The average molecular weight is 299 g/mol. The number of rotatable bonds is 6. The maximum Gasteiger partial charge on any atom is 0.314 e. The fourth-order valence-electron chi connectivity index (χ4n) is 1.68. The lowest BCUT2D eigenvalue weighted by Crippen LogP contribution is -2.28. The van der Waals surface area contributed by atoms with Crippen LogP contribution in [0.3, 0.4) is 0 Å². The van der Waals surface area contributed by atoms with Crippen LogP contribution in [-0.4, -0.2) is 24.4 Å². The van der Waals surface area contributed by atoms with Gasteiger partial charge in [-0.2, -0.15) is 12.6 Å². The van der Waals surface area contributed by atoms with Gasteiger partial charge >= 0.3 is 5.69 Å². The van der Waals surface area contributed by atoms with Crippen molar-refractivity contribution in [3.8, 4) is 11.5 Å². The molecule has 112 valence electrons. The van der Waals surface area contributed by atoms with Crippen molar-refractivity contribution in [3.05, 3.63) is 28.3 Å². The van der Waals surface area contributed by atoms with Crippen molar-refractivity contribution < 1.29 is 14.4 Å². The smallest absolute Gasteiger partial charge is 0.314 e. The Bertz CT molecular complexity index is 471. The van der Waals surface area contributed by atoms with E-state index in [-0.39, 0.29) is 22.8 Å². The largest absolute Gasteiger partial charge is 0.493 e. The number of nitro benzene ring substituents is 1. The molecule has 0 spiro atoms. The minimum Gasteiger partial charge on any atom is -0.493 e. The second kappa shape index (κ2) is 6.83. The first kappa shape index (κ1) is 16.6. The van der Waals surface area contributed by atoms with Crippen LogP contribution in [0.15, 0.2) is 18.2 Å². The van der Waals surface area contributed by atoms with Gasteiger partial charge < -0.3 is 9.47 Å². The molecule has 0 saturated heterocycles. The van der Waals surface area contributed by atoms with Gasteiger partial charge in [0.1, 0.15) is 5.75 Å². The Hall–Kier alpha value is -1.43. The van der Waals surface area contributed by atoms with Gasteiger partial charge in [-0.25, -0.2) is 0 Å². The Kier molecular flexibility index (Phi) is 5.68. The van der Waals surface area contributed by atoms with Gasteiger partial charge in [-0.05, 0) is 23.3 Å². The van der Waals surface area contributed by atoms with Crippen LogP contribution in [0.25, 0.3) is 0 Å². The lowest BCUT2D eigenvalue weighted by Gasteiger charge is -2.29. The highest BCUT2D eigenvalue weighted by Crippen LogP contribution is 2.32. The third-order valence-electron chi connectivity index (χ3n) is 3.24. The topological polar surface area (TPSA) is 61.6 Å². The molecule has 0 aliphatic heterocycles. The predicted molar refractivity (Wildman–Crippen MR) is 81.9 cm³/mol. The molecule has 1 atom stereocenters. The fraction of sp³-hybridized carbons (Fsp3) is 0.571. The van der Waals surface area contributed by atoms with Crippen molar-refractivity contribution in [3.63, 3.8) is 0 Å². The van der Waals surface area contributed by atoms with Crippen molar-refractivity contribution in [2.75, 3.05) is 19.5 Å². The molecular formula is C14H21NO4S. The molecule has 0 fully saturated rings. The first-order chi connectivity index (χ1) is 9.29. The van der Waals surface area contributed by atoms with Gasteiger partial charge in [0.2, 0.25) is 0 Å². The highest BCUT2D eigenvalue weighted by molar-refractivity contribution is 7.80. The van der Waals surface area contributed by atoms with Crippen LogP contribution in [0.4, 0.5) is 5.69 Å². The van der Waals surface area contributed by atoms with Crippen LogP contribution in [0.5, 0.6) is 11.5 Å². The third kappa shape index (κ3) is 4.30. The van der Waals surface area contributed by atoms with E-state index in [0.29, 0.717) is 18.1 Å². The van der Waals surface area contributed by atoms with Crippen LogP contribution in [0.1, 0.15) is 20.8 Å². The normalized spacial score (nSPS) is 12.8. The van der Waals surface area contributed by atoms with E-state index in [4.69, 9.17) is 9.47 Å². The zero-order valence-corrected chi connectivity index (χ0v) is 13.1. The van der Waals surface area contributed by atoms with Crippen LogP contribution in [0, 0.1) is 21.4 Å². The van der Waals surface area contributed by atoms with E-state index >= 15 is 0 Å². The van der Waals surface area contributed by atoms with Crippen LogP contribution in [-0.2, 0) is 0 Å². The lowest BCUT2D eigenvalue weighted by molar-refractivity contribution is -0.385. The second-order valence-electron chi connectivity index (χ2n) is 5.65. The van der Waals surface area contributed by atoms with Gasteiger partial charge in [0.15, 0.2) is 5.75 Å². The molecule has 6 heteroatoms. The molecule has 1 unspecified atom stereocenters. The monoisotopic (exact) mass is 299 g/mol. The Morgan fingerprint density at radius 1 is 1.40 bits per heavy atom. The molecule has 0 aliphatic carbocycles. The van der Waals surface area contributed by atoms with Gasteiger partial charge in [0.25, 0.3) is 0 Å². The van der Waals surface area contributed by atoms with Crippen LogP contribution >= 0.6 is 12.6 Å². The molecule has 0 heterocycles. The molecule has 0 bridgehead atoms. The van der Waals surface area contributed by atoms with Gasteiger partial charge in [-0.3, -0.25) is 10.1 Å². The first-order valence-electron chi connectivity index (χ1n) is 6.35. The summed E-state index contributed by atoms with van der Waals surface area (Å²) < 4.78 is 10.6. The Morgan fingerprint density at radius 3 is 2.50 bits per heavy atom. The summed E-state index contributed by atoms with van der Waals surface area (Å²) in [7, 11) is 1.40. The number of ether oxygens (including phenoxy) is 2. The standard InChI is InChI=1S/C14H21NO4S/c1-14(2,3)10(9-20)8-19-11-5-6-13(18-4)12(7-11)15(16)17/h5-7,10,20H,8-9H2,1-4H3. The van der Waals surface area contributed by atoms with E-state index in [2.05, 4.69) is 33.4 Å². The lowest BCUT2D eigenvalue weighted by atomic mass is 9.82. The van der Waals surface area contributed by atoms with Gasteiger partial charge in [-0.15, -0.1) is 0 Å². The van der Waals surface area contributed by atoms with Crippen molar-refractivity contribution >= 4 is 18.3 Å². The third-order valence-corrected chi connectivity index (χ3v) is 3.68. The highest BCUT2D eigenvalue weighted by Gasteiger charge is 2.24. The summed E-state index contributed by atoms with van der Waals surface area (Å²) in [6, 6.07) is 4.60. The number of thiol groups is 1. The molecule has 0 N–H and O–H groups in total. The van der Waals surface area contributed by atoms with Crippen LogP contribution in [0.2, 0.25) is 0 Å². The quantitative estimate of drug-likeness (QED) is 0.495. The minimum atomic E-state index is -0.481. The zero-order valence-electron chi connectivity index (χ0n) is 12.3. The molecule has 0 aliphatic rings. The maximum atomic E-state index is 10.9. The van der Waals surface area contributed by atoms with Gasteiger partial charge in [0, 0.05) is 5.92 Å². The summed E-state index contributed by atoms with van der Waals surface area (Å²) in [5, 5.41) is 10.9. The Labute approximate surface area is 124 Å². The summed E-state index contributed by atoms with van der Waals surface area (Å²) in [4.78, 5) is 10.5. The molecule has 1 aromatic carbocycles. The summed E-state index contributed by atoms with van der Waals surface area (Å²) in [5.74, 6) is 1.64. The number of nitrogens with zero attached hydrogens (tertiary/aromatic N) is 1. The molecular weight excluding hydrogens is 278 g/mol. The van der Waals surface area contributed by atoms with Crippen molar-refractivity contribution in [1.29, 1.82) is 0 Å². The van der Waals surface area contributed by atoms with E-state index in [0.717, 1.165) is 0 Å². The number of hydrogen-bond acceptors (Lipinski definition) is 5. The van der Waals surface area contributed by atoms with E-state index in [9.17, 15) is 10.1 Å². The molecule has 0 aromatic heterocycles. The summed E-state index contributed by atoms with van der Waals surface area (Å²) in [5.41, 5.74) is -0.0247. The molecule has 0 radical (unpaired) electrons. The van der Waals surface area contributed by atoms with Crippen molar-refractivity contribution in [2.45, 2.75) is 20.8 Å². The average Bonchev–Trinajstić information content (AvgIpc) is 2.37. The zero-order chi connectivity index (χ0) is 15.3. The summed E-state index contributed by atoms with van der Waals surface area (Å²) in [6.07, 6.45) is 0. The first-order valence-corrected chi connectivity index (χ1v) is 6.99. The van der Waals surface area contributed by atoms with Crippen LogP contribution < -0.4 is 9.47 Å². The number of hydrogen-bond donors (Lipinski definition) is 1. The highest BCUT2D eigenvalue weighted by atomic mass is 32.1. The fourth-order valence-corrected chi connectivity index (χ4v) is 2.33. The van der Waals surface area contributed by atoms with Gasteiger partial charge in [-0.1, -0.05) is 20.8 Å². The van der Waals surface area contributed by atoms with E-state index in [1.165, 1.54) is 13.2 Å². The number of benzene rings is 1. The van der Waals surface area contributed by atoms with Crippen molar-refractivity contribution in [1.82, 2.24) is 0 Å². The molecule has 0 amide bonds. The molecule has 1 aromatic rings. The molecule has 20 heavy (non-hydrogen) atoms. The number of methoxy groups -OCH3 is 1. The Morgan fingerprint density at radius 2 is 2.05 bits per heavy atom. The summed E-state index contributed by atoms with van der Waals surface area (Å²) >= 11 is 4.33. The predicted octanol–water partition coefficient (Wildman–Crippen LogP) is 3.57. The molecule has 1 rings (SSSR count). The Balaban J connectivity index is 2.83. The van der Waals surface area contributed by atoms with E-state index in [1.54, 1.807) is 12.1 Å². The number of nitro groups is 1. The molecule has 5 nitrogen and oxygen atoms in total. The van der Waals surface area contributed by atoms with E-state index in [1.807, 2.05) is 0 Å².